The summed E-state index contributed by atoms with van der Waals surface area (Å²) in [7, 11) is 0. The Bertz CT molecular complexity index is 413. The van der Waals surface area contributed by atoms with E-state index < -0.39 is 24.1 Å². The van der Waals surface area contributed by atoms with Gasteiger partial charge in [0.15, 0.2) is 12.2 Å². The number of aliphatic carboxylic acids is 1. The number of ether oxygens (including phenoxy) is 2. The predicted octanol–water partition coefficient (Wildman–Crippen LogP) is 2.41. The lowest BCUT2D eigenvalue weighted by Crippen LogP contribution is -2.40. The number of aliphatic hydroxyl groups excluding tert-OH is 2. The first kappa shape index (κ1) is 22.9. The molecule has 1 aliphatic heterocycles. The summed E-state index contributed by atoms with van der Waals surface area (Å²) < 4.78 is 10.4. The smallest absolute Gasteiger partial charge is 0.338 e. The highest BCUT2D eigenvalue weighted by Gasteiger charge is 2.37. The molecule has 1 rings (SSSR count). The van der Waals surface area contributed by atoms with Crippen LogP contribution in [0.15, 0.2) is 0 Å². The van der Waals surface area contributed by atoms with Crippen molar-refractivity contribution in [2.75, 3.05) is 6.61 Å². The minimum Gasteiger partial charge on any atom is -0.479 e. The van der Waals surface area contributed by atoms with E-state index in [-0.39, 0.29) is 6.61 Å². The zero-order valence-corrected chi connectivity index (χ0v) is 15.8. The molecule has 1 fully saturated rings. The van der Waals surface area contributed by atoms with Crippen LogP contribution in [-0.4, -0.2) is 58.3 Å². The normalized spacial score (nSPS) is 21.2. The number of carbonyl (C=O) groups excluding carboxylic acids is 1. The second-order valence-electron chi connectivity index (χ2n) is 7.01. The summed E-state index contributed by atoms with van der Waals surface area (Å²) in [6, 6.07) is 0. The van der Waals surface area contributed by atoms with E-state index in [4.69, 9.17) is 19.7 Å². The van der Waals surface area contributed by atoms with Gasteiger partial charge in [0.2, 0.25) is 0 Å². The van der Waals surface area contributed by atoms with Crippen LogP contribution in [-0.2, 0) is 19.1 Å². The van der Waals surface area contributed by atoms with Gasteiger partial charge in [-0.2, -0.15) is 0 Å². The number of aliphatic hydroxyl groups is 2. The molecule has 0 spiro atoms. The highest BCUT2D eigenvalue weighted by molar-refractivity contribution is 5.84. The third-order valence-electron chi connectivity index (χ3n) is 4.70. The van der Waals surface area contributed by atoms with Crippen molar-refractivity contribution in [1.82, 2.24) is 0 Å². The van der Waals surface area contributed by atoms with E-state index in [0.29, 0.717) is 18.6 Å². The molecule has 0 amide bonds. The van der Waals surface area contributed by atoms with Crippen LogP contribution in [0.4, 0.5) is 0 Å². The Morgan fingerprint density at radius 2 is 1.42 bits per heavy atom. The number of rotatable bonds is 16. The average molecular weight is 374 g/mol. The summed E-state index contributed by atoms with van der Waals surface area (Å²) >= 11 is 0. The lowest BCUT2D eigenvalue weighted by molar-refractivity contribution is -0.169. The van der Waals surface area contributed by atoms with E-state index in [0.717, 1.165) is 19.3 Å². The predicted molar refractivity (Wildman–Crippen MR) is 95.7 cm³/mol. The number of hydrogen-bond acceptors (Lipinski definition) is 6. The van der Waals surface area contributed by atoms with Crippen LogP contribution in [0.2, 0.25) is 0 Å². The van der Waals surface area contributed by atoms with E-state index in [1.807, 2.05) is 0 Å². The number of hydrogen-bond donors (Lipinski definition) is 3. The molecule has 7 heteroatoms. The summed E-state index contributed by atoms with van der Waals surface area (Å²) in [5.74, 6) is -2.77. The molecule has 7 nitrogen and oxygen atoms in total. The molecule has 1 heterocycles. The fourth-order valence-corrected chi connectivity index (χ4v) is 2.96. The summed E-state index contributed by atoms with van der Waals surface area (Å²) in [4.78, 5) is 21.8. The standard InChI is InChI=1S/C19H34O7/c1-2-3-4-5-6-7-8-11-14-15(26-14)12-9-10-13-25-19(24)17(21)16(20)18(22)23/h14-17,20-21H,2-13H2,1H3,(H,22,23). The minimum absolute atomic E-state index is 0.0946. The Morgan fingerprint density at radius 3 is 2.00 bits per heavy atom. The highest BCUT2D eigenvalue weighted by atomic mass is 16.6. The third kappa shape index (κ3) is 9.50. The monoisotopic (exact) mass is 374 g/mol. The number of epoxide rings is 1. The molecule has 0 radical (unpaired) electrons. The second kappa shape index (κ2) is 13.1. The Hall–Kier alpha value is -1.18. The maximum Gasteiger partial charge on any atom is 0.338 e. The molecule has 4 atom stereocenters. The summed E-state index contributed by atoms with van der Waals surface area (Å²) in [5.41, 5.74) is 0. The highest BCUT2D eigenvalue weighted by Crippen LogP contribution is 2.31. The molecule has 0 aromatic heterocycles. The lowest BCUT2D eigenvalue weighted by Gasteiger charge is -2.12. The first-order chi connectivity index (χ1) is 12.5. The van der Waals surface area contributed by atoms with Gasteiger partial charge in [-0.05, 0) is 25.7 Å². The van der Waals surface area contributed by atoms with E-state index in [2.05, 4.69) is 6.92 Å². The van der Waals surface area contributed by atoms with E-state index in [9.17, 15) is 14.7 Å². The molecule has 1 aliphatic rings. The summed E-state index contributed by atoms with van der Waals surface area (Å²) in [6.07, 6.45) is 9.06. The average Bonchev–Trinajstić information content (AvgIpc) is 3.37. The van der Waals surface area contributed by atoms with E-state index in [1.165, 1.54) is 44.9 Å². The fraction of sp³-hybridized carbons (Fsp3) is 0.895. The zero-order valence-electron chi connectivity index (χ0n) is 15.8. The first-order valence-electron chi connectivity index (χ1n) is 9.88. The third-order valence-corrected chi connectivity index (χ3v) is 4.70. The van der Waals surface area contributed by atoms with Gasteiger partial charge in [0.1, 0.15) is 0 Å². The van der Waals surface area contributed by atoms with Gasteiger partial charge in [-0.25, -0.2) is 9.59 Å². The Morgan fingerprint density at radius 1 is 0.885 bits per heavy atom. The van der Waals surface area contributed by atoms with Gasteiger partial charge in [-0.3, -0.25) is 0 Å². The Balaban J connectivity index is 1.92. The van der Waals surface area contributed by atoms with Gasteiger partial charge < -0.3 is 24.8 Å². The molecule has 3 N–H and O–H groups in total. The molecular weight excluding hydrogens is 340 g/mol. The molecule has 0 saturated carbocycles. The van der Waals surface area contributed by atoms with Gasteiger partial charge in [0, 0.05) is 0 Å². The SMILES string of the molecule is CCCCCCCCCC1OC1CCCCOC(=O)C(O)C(O)C(=O)O. The van der Waals surface area contributed by atoms with Gasteiger partial charge in [-0.15, -0.1) is 0 Å². The van der Waals surface area contributed by atoms with E-state index >= 15 is 0 Å². The largest absolute Gasteiger partial charge is 0.479 e. The van der Waals surface area contributed by atoms with Gasteiger partial charge in [0.05, 0.1) is 18.8 Å². The van der Waals surface area contributed by atoms with Crippen molar-refractivity contribution in [3.8, 4) is 0 Å². The van der Waals surface area contributed by atoms with Crippen LogP contribution in [0.5, 0.6) is 0 Å². The number of carboxylic acids is 1. The number of carboxylic acid groups (broad SMARTS) is 1. The van der Waals surface area contributed by atoms with Crippen molar-refractivity contribution in [3.05, 3.63) is 0 Å². The minimum atomic E-state index is -2.16. The molecule has 0 aromatic carbocycles. The van der Waals surface area contributed by atoms with Crippen molar-refractivity contribution < 1.29 is 34.4 Å². The van der Waals surface area contributed by atoms with Gasteiger partial charge in [0.25, 0.3) is 0 Å². The Labute approximate surface area is 155 Å². The van der Waals surface area contributed by atoms with Crippen molar-refractivity contribution in [2.24, 2.45) is 0 Å². The molecule has 1 saturated heterocycles. The van der Waals surface area contributed by atoms with Crippen LogP contribution in [0.1, 0.15) is 77.6 Å². The lowest BCUT2D eigenvalue weighted by atomic mass is 10.0. The van der Waals surface area contributed by atoms with Crippen molar-refractivity contribution in [1.29, 1.82) is 0 Å². The van der Waals surface area contributed by atoms with Crippen LogP contribution in [0, 0.1) is 0 Å². The fourth-order valence-electron chi connectivity index (χ4n) is 2.96. The van der Waals surface area contributed by atoms with Crippen molar-refractivity contribution in [2.45, 2.75) is 102 Å². The quantitative estimate of drug-likeness (QED) is 0.216. The van der Waals surface area contributed by atoms with Crippen molar-refractivity contribution in [3.63, 3.8) is 0 Å². The molecule has 0 aromatic rings. The Kier molecular flexibility index (Phi) is 11.5. The topological polar surface area (TPSA) is 117 Å². The van der Waals surface area contributed by atoms with Crippen LogP contribution in [0.3, 0.4) is 0 Å². The molecule has 26 heavy (non-hydrogen) atoms. The van der Waals surface area contributed by atoms with Crippen LogP contribution < -0.4 is 0 Å². The molecule has 4 unspecified atom stereocenters. The van der Waals surface area contributed by atoms with E-state index in [1.54, 1.807) is 0 Å². The maximum atomic E-state index is 11.4. The zero-order chi connectivity index (χ0) is 19.4. The molecular formula is C19H34O7. The number of esters is 1. The first-order valence-corrected chi connectivity index (χ1v) is 9.88. The van der Waals surface area contributed by atoms with Crippen LogP contribution in [0.25, 0.3) is 0 Å². The summed E-state index contributed by atoms with van der Waals surface area (Å²) in [6.45, 7) is 2.32. The van der Waals surface area contributed by atoms with Gasteiger partial charge >= 0.3 is 11.9 Å². The number of carbonyl (C=O) groups is 2. The number of unbranched alkanes of at least 4 members (excludes halogenated alkanes) is 7. The van der Waals surface area contributed by atoms with Crippen LogP contribution >= 0.6 is 0 Å². The van der Waals surface area contributed by atoms with Gasteiger partial charge in [-0.1, -0.05) is 51.9 Å². The molecule has 152 valence electrons. The van der Waals surface area contributed by atoms with Crippen molar-refractivity contribution >= 4 is 11.9 Å². The molecule has 0 bridgehead atoms. The molecule has 0 aliphatic carbocycles. The summed E-state index contributed by atoms with van der Waals surface area (Å²) in [5, 5.41) is 26.8. The second-order valence-corrected chi connectivity index (χ2v) is 7.01. The maximum absolute atomic E-state index is 11.4.